The Bertz CT molecular complexity index is 508. The van der Waals surface area contributed by atoms with Crippen molar-refractivity contribution in [1.29, 1.82) is 0 Å². The number of ether oxygens (including phenoxy) is 1. The molecule has 0 amide bonds. The fourth-order valence-electron chi connectivity index (χ4n) is 1.54. The lowest BCUT2D eigenvalue weighted by molar-refractivity contribution is 0.476. The summed E-state index contributed by atoms with van der Waals surface area (Å²) in [6.07, 6.45) is 0. The first-order valence-electron chi connectivity index (χ1n) is 5.28. The summed E-state index contributed by atoms with van der Waals surface area (Å²) in [6, 6.07) is 11.7. The van der Waals surface area contributed by atoms with Gasteiger partial charge in [-0.2, -0.15) is 0 Å². The smallest absolute Gasteiger partial charge is 0.131 e. The van der Waals surface area contributed by atoms with Crippen LogP contribution in [0.25, 0.3) is 0 Å². The van der Waals surface area contributed by atoms with Crippen molar-refractivity contribution in [2.24, 2.45) is 0 Å². The van der Waals surface area contributed by atoms with E-state index in [0.29, 0.717) is 17.4 Å². The van der Waals surface area contributed by atoms with Gasteiger partial charge < -0.3 is 4.74 Å². The van der Waals surface area contributed by atoms with E-state index in [1.54, 1.807) is 12.1 Å². The number of alkyl halides is 1. The van der Waals surface area contributed by atoms with Gasteiger partial charge in [-0.15, -0.1) is 11.6 Å². The summed E-state index contributed by atoms with van der Waals surface area (Å²) in [7, 11) is 0. The van der Waals surface area contributed by atoms with Gasteiger partial charge in [0.15, 0.2) is 0 Å². The molecule has 88 valence electrons. The summed E-state index contributed by atoms with van der Waals surface area (Å²) >= 11 is 5.86. The summed E-state index contributed by atoms with van der Waals surface area (Å²) < 4.78 is 18.4. The number of halogens is 2. The van der Waals surface area contributed by atoms with E-state index in [9.17, 15) is 4.39 Å². The van der Waals surface area contributed by atoms with Crippen molar-refractivity contribution in [3.8, 4) is 11.5 Å². The van der Waals surface area contributed by atoms with Crippen LogP contribution in [0.5, 0.6) is 11.5 Å². The first-order valence-corrected chi connectivity index (χ1v) is 5.81. The normalized spacial score (nSPS) is 10.3. The van der Waals surface area contributed by atoms with E-state index < -0.39 is 0 Å². The maximum absolute atomic E-state index is 12.7. The SMILES string of the molecule is Cc1ccc(Oc2ccc(F)cc2)c(CCl)c1. The molecule has 0 aliphatic heterocycles. The van der Waals surface area contributed by atoms with Crippen molar-refractivity contribution in [2.45, 2.75) is 12.8 Å². The van der Waals surface area contributed by atoms with Crippen molar-refractivity contribution in [1.82, 2.24) is 0 Å². The van der Waals surface area contributed by atoms with Gasteiger partial charge >= 0.3 is 0 Å². The minimum atomic E-state index is -0.279. The van der Waals surface area contributed by atoms with E-state index in [2.05, 4.69) is 0 Å². The average Bonchev–Trinajstić information content (AvgIpc) is 2.34. The molecule has 0 aliphatic carbocycles. The second kappa shape index (κ2) is 5.19. The van der Waals surface area contributed by atoms with E-state index in [4.69, 9.17) is 16.3 Å². The molecule has 3 heteroatoms. The zero-order chi connectivity index (χ0) is 12.3. The Kier molecular flexibility index (Phi) is 3.64. The van der Waals surface area contributed by atoms with Gasteiger partial charge in [-0.05, 0) is 37.3 Å². The second-order valence-corrected chi connectivity index (χ2v) is 4.07. The average molecular weight is 251 g/mol. The molecule has 0 fully saturated rings. The highest BCUT2D eigenvalue weighted by atomic mass is 35.5. The summed E-state index contributed by atoms with van der Waals surface area (Å²) in [5.74, 6) is 1.41. The number of aryl methyl sites for hydroxylation is 1. The molecular formula is C14H12ClFO. The molecule has 0 bridgehead atoms. The van der Waals surface area contributed by atoms with Crippen LogP contribution < -0.4 is 4.74 Å². The van der Waals surface area contributed by atoms with Gasteiger partial charge in [0, 0.05) is 5.56 Å². The third-order valence-electron chi connectivity index (χ3n) is 2.40. The van der Waals surface area contributed by atoms with E-state index >= 15 is 0 Å². The Morgan fingerprint density at radius 3 is 2.47 bits per heavy atom. The van der Waals surface area contributed by atoms with Gasteiger partial charge in [0.1, 0.15) is 17.3 Å². The fraction of sp³-hybridized carbons (Fsp3) is 0.143. The first-order chi connectivity index (χ1) is 8.19. The predicted molar refractivity (Wildman–Crippen MR) is 67.2 cm³/mol. The molecule has 0 saturated heterocycles. The van der Waals surface area contributed by atoms with E-state index in [1.807, 2.05) is 25.1 Å². The van der Waals surface area contributed by atoms with Gasteiger partial charge in [0.2, 0.25) is 0 Å². The molecular weight excluding hydrogens is 239 g/mol. The minimum Gasteiger partial charge on any atom is -0.457 e. The highest BCUT2D eigenvalue weighted by Crippen LogP contribution is 2.27. The fourth-order valence-corrected chi connectivity index (χ4v) is 1.75. The molecule has 0 radical (unpaired) electrons. The molecule has 0 saturated carbocycles. The molecule has 17 heavy (non-hydrogen) atoms. The topological polar surface area (TPSA) is 9.23 Å². The van der Waals surface area contributed by atoms with Gasteiger partial charge in [0.25, 0.3) is 0 Å². The minimum absolute atomic E-state index is 0.279. The number of hydrogen-bond acceptors (Lipinski definition) is 1. The lowest BCUT2D eigenvalue weighted by Crippen LogP contribution is -1.90. The van der Waals surface area contributed by atoms with Crippen LogP contribution in [0.4, 0.5) is 4.39 Å². The van der Waals surface area contributed by atoms with Crippen LogP contribution in [0.2, 0.25) is 0 Å². The molecule has 2 aromatic carbocycles. The lowest BCUT2D eigenvalue weighted by atomic mass is 10.1. The van der Waals surface area contributed by atoms with Crippen molar-refractivity contribution < 1.29 is 9.13 Å². The molecule has 0 aliphatic rings. The van der Waals surface area contributed by atoms with Crippen LogP contribution in [-0.4, -0.2) is 0 Å². The Balaban J connectivity index is 2.26. The van der Waals surface area contributed by atoms with Gasteiger partial charge in [-0.25, -0.2) is 4.39 Å². The van der Waals surface area contributed by atoms with Gasteiger partial charge in [0.05, 0.1) is 5.88 Å². The monoisotopic (exact) mass is 250 g/mol. The van der Waals surface area contributed by atoms with Crippen molar-refractivity contribution >= 4 is 11.6 Å². The van der Waals surface area contributed by atoms with Crippen LogP contribution in [0, 0.1) is 12.7 Å². The largest absolute Gasteiger partial charge is 0.457 e. The molecule has 0 spiro atoms. The molecule has 0 aromatic heterocycles. The third kappa shape index (κ3) is 2.98. The Labute approximate surface area is 105 Å². The summed E-state index contributed by atoms with van der Waals surface area (Å²) in [6.45, 7) is 2.00. The second-order valence-electron chi connectivity index (χ2n) is 3.80. The molecule has 2 aromatic rings. The third-order valence-corrected chi connectivity index (χ3v) is 2.69. The van der Waals surface area contributed by atoms with Crippen molar-refractivity contribution in [3.05, 3.63) is 59.4 Å². The van der Waals surface area contributed by atoms with Crippen LogP contribution in [-0.2, 0) is 5.88 Å². The number of rotatable bonds is 3. The van der Waals surface area contributed by atoms with Crippen molar-refractivity contribution in [3.63, 3.8) is 0 Å². The molecule has 0 unspecified atom stereocenters. The summed E-state index contributed by atoms with van der Waals surface area (Å²) in [4.78, 5) is 0. The Morgan fingerprint density at radius 1 is 1.12 bits per heavy atom. The van der Waals surface area contributed by atoms with Crippen LogP contribution in [0.3, 0.4) is 0 Å². The molecule has 2 rings (SSSR count). The number of benzene rings is 2. The van der Waals surface area contributed by atoms with E-state index in [-0.39, 0.29) is 5.82 Å². The molecule has 0 N–H and O–H groups in total. The first kappa shape index (κ1) is 11.9. The van der Waals surface area contributed by atoms with Crippen LogP contribution in [0.15, 0.2) is 42.5 Å². The standard InChI is InChI=1S/C14H12ClFO/c1-10-2-7-14(11(8-10)9-15)17-13-5-3-12(16)4-6-13/h2-8H,9H2,1H3. The maximum atomic E-state index is 12.7. The van der Waals surface area contributed by atoms with Gasteiger partial charge in [-0.1, -0.05) is 17.7 Å². The molecule has 1 nitrogen and oxygen atoms in total. The van der Waals surface area contributed by atoms with Crippen molar-refractivity contribution in [2.75, 3.05) is 0 Å². The highest BCUT2D eigenvalue weighted by molar-refractivity contribution is 6.17. The van der Waals surface area contributed by atoms with Crippen LogP contribution >= 0.6 is 11.6 Å². The molecule has 0 atom stereocenters. The highest BCUT2D eigenvalue weighted by Gasteiger charge is 2.04. The van der Waals surface area contributed by atoms with E-state index in [0.717, 1.165) is 11.1 Å². The number of hydrogen-bond donors (Lipinski definition) is 0. The zero-order valence-electron chi connectivity index (χ0n) is 9.41. The quantitative estimate of drug-likeness (QED) is 0.720. The zero-order valence-corrected chi connectivity index (χ0v) is 10.2. The van der Waals surface area contributed by atoms with E-state index in [1.165, 1.54) is 12.1 Å². The summed E-state index contributed by atoms with van der Waals surface area (Å²) in [5, 5.41) is 0. The van der Waals surface area contributed by atoms with Crippen LogP contribution in [0.1, 0.15) is 11.1 Å². The Hall–Kier alpha value is -1.54. The Morgan fingerprint density at radius 2 is 1.82 bits per heavy atom. The molecule has 0 heterocycles. The summed E-state index contributed by atoms with van der Waals surface area (Å²) in [5.41, 5.74) is 2.06. The lowest BCUT2D eigenvalue weighted by Gasteiger charge is -2.10. The van der Waals surface area contributed by atoms with Gasteiger partial charge in [-0.3, -0.25) is 0 Å². The predicted octanol–water partition coefficient (Wildman–Crippen LogP) is 4.67. The maximum Gasteiger partial charge on any atom is 0.131 e.